The van der Waals surface area contributed by atoms with Crippen LogP contribution in [0.1, 0.15) is 12.0 Å². The summed E-state index contributed by atoms with van der Waals surface area (Å²) in [6, 6.07) is 7.02. The fraction of sp³-hybridized carbons (Fsp3) is 0.429. The number of hydrogen-bond donors (Lipinski definition) is 1. The van der Waals surface area contributed by atoms with Crippen LogP contribution >= 0.6 is 11.6 Å². The van der Waals surface area contributed by atoms with Crippen LogP contribution in [0.2, 0.25) is 5.02 Å². The van der Waals surface area contributed by atoms with E-state index in [9.17, 15) is 9.59 Å². The van der Waals surface area contributed by atoms with Crippen LogP contribution in [0, 0.1) is 5.92 Å². The summed E-state index contributed by atoms with van der Waals surface area (Å²) in [5, 5.41) is 9.56. The summed E-state index contributed by atoms with van der Waals surface area (Å²) in [6.07, 6.45) is 0.648. The summed E-state index contributed by atoms with van der Waals surface area (Å²) in [6.45, 7) is 0.880. The maximum absolute atomic E-state index is 12.3. The summed E-state index contributed by atoms with van der Waals surface area (Å²) in [5.41, 5.74) is 0.850. The van der Waals surface area contributed by atoms with Gasteiger partial charge in [-0.15, -0.1) is 0 Å². The maximum atomic E-state index is 12.3. The molecule has 0 aromatic heterocycles. The van der Waals surface area contributed by atoms with Gasteiger partial charge in [0.25, 0.3) is 0 Å². The Morgan fingerprint density at radius 2 is 2.05 bits per heavy atom. The molecule has 1 fully saturated rings. The van der Waals surface area contributed by atoms with Gasteiger partial charge in [-0.05, 0) is 24.1 Å². The van der Waals surface area contributed by atoms with Crippen molar-refractivity contribution in [1.29, 1.82) is 0 Å². The number of carboxylic acid groups (broad SMARTS) is 1. The van der Waals surface area contributed by atoms with Gasteiger partial charge in [0.1, 0.15) is 6.54 Å². The molecule has 1 aliphatic rings. The average molecular weight is 298 g/mol. The van der Waals surface area contributed by atoms with Crippen molar-refractivity contribution in [3.63, 3.8) is 0 Å². The Hall–Kier alpha value is -1.59. The number of halogens is 1. The number of hydrogen-bond acceptors (Lipinski definition) is 3. The summed E-state index contributed by atoms with van der Waals surface area (Å²) in [4.78, 5) is 24.6. The summed E-state index contributed by atoms with van der Waals surface area (Å²) in [5.74, 6) is -1.42. The Labute approximate surface area is 122 Å². The molecule has 1 N–H and O–H groups in total. The highest BCUT2D eigenvalue weighted by molar-refractivity contribution is 6.30. The van der Waals surface area contributed by atoms with Crippen LogP contribution in [0.3, 0.4) is 0 Å². The fourth-order valence-electron chi connectivity index (χ4n) is 2.17. The second-order valence-electron chi connectivity index (χ2n) is 4.78. The standard InChI is InChI=1S/C14H16ClNO4/c15-12-3-1-10(2-4-12)7-16(8-13(17)18)14(19)11-5-6-20-9-11/h1-4,11H,5-9H2,(H,17,18)/t11-/m0/s1. The number of aliphatic carboxylic acids is 1. The van der Waals surface area contributed by atoms with E-state index in [1.807, 2.05) is 0 Å². The smallest absolute Gasteiger partial charge is 0.323 e. The molecule has 0 bridgehead atoms. The minimum atomic E-state index is -1.02. The van der Waals surface area contributed by atoms with Gasteiger partial charge >= 0.3 is 5.97 Å². The van der Waals surface area contributed by atoms with E-state index in [1.165, 1.54) is 4.90 Å². The van der Waals surface area contributed by atoms with Crippen LogP contribution in [-0.4, -0.2) is 41.6 Å². The van der Waals surface area contributed by atoms with E-state index >= 15 is 0 Å². The van der Waals surface area contributed by atoms with Gasteiger partial charge in [-0.25, -0.2) is 0 Å². The largest absolute Gasteiger partial charge is 0.480 e. The lowest BCUT2D eigenvalue weighted by atomic mass is 10.1. The second-order valence-corrected chi connectivity index (χ2v) is 5.21. The van der Waals surface area contributed by atoms with E-state index < -0.39 is 5.97 Å². The predicted molar refractivity (Wildman–Crippen MR) is 73.4 cm³/mol. The molecule has 1 atom stereocenters. The first-order chi connectivity index (χ1) is 9.56. The van der Waals surface area contributed by atoms with Gasteiger partial charge in [0.2, 0.25) is 5.91 Å². The van der Waals surface area contributed by atoms with Crippen LogP contribution in [0.15, 0.2) is 24.3 Å². The lowest BCUT2D eigenvalue weighted by molar-refractivity contribution is -0.146. The van der Waals surface area contributed by atoms with Gasteiger partial charge in [-0.3, -0.25) is 9.59 Å². The van der Waals surface area contributed by atoms with Gasteiger partial charge in [0, 0.05) is 18.2 Å². The highest BCUT2D eigenvalue weighted by Crippen LogP contribution is 2.18. The van der Waals surface area contributed by atoms with Crippen LogP contribution in [0.4, 0.5) is 0 Å². The first kappa shape index (κ1) is 14.8. The van der Waals surface area contributed by atoms with Crippen LogP contribution in [0.5, 0.6) is 0 Å². The molecule has 6 heteroatoms. The molecular weight excluding hydrogens is 282 g/mol. The lowest BCUT2D eigenvalue weighted by Crippen LogP contribution is -2.39. The number of amides is 1. The molecule has 1 amide bonds. The van der Waals surface area contributed by atoms with E-state index in [-0.39, 0.29) is 24.9 Å². The molecule has 1 aliphatic heterocycles. The lowest BCUT2D eigenvalue weighted by Gasteiger charge is -2.23. The van der Waals surface area contributed by atoms with E-state index in [0.29, 0.717) is 24.7 Å². The van der Waals surface area contributed by atoms with E-state index in [1.54, 1.807) is 24.3 Å². The molecule has 2 rings (SSSR count). The van der Waals surface area contributed by atoms with Crippen molar-refractivity contribution in [1.82, 2.24) is 4.90 Å². The molecule has 5 nitrogen and oxygen atoms in total. The molecule has 0 aliphatic carbocycles. The highest BCUT2D eigenvalue weighted by Gasteiger charge is 2.29. The van der Waals surface area contributed by atoms with Crippen LogP contribution < -0.4 is 0 Å². The molecule has 1 aromatic rings. The molecule has 0 saturated carbocycles. The Balaban J connectivity index is 2.08. The van der Waals surface area contributed by atoms with Gasteiger partial charge in [-0.2, -0.15) is 0 Å². The molecular formula is C14H16ClNO4. The SMILES string of the molecule is O=C(O)CN(Cc1ccc(Cl)cc1)C(=O)[C@H]1CCOC1. The van der Waals surface area contributed by atoms with Crippen LogP contribution in [0.25, 0.3) is 0 Å². The molecule has 0 radical (unpaired) electrons. The zero-order valence-electron chi connectivity index (χ0n) is 10.9. The average Bonchev–Trinajstić information content (AvgIpc) is 2.93. The third kappa shape index (κ3) is 3.95. The molecule has 1 aromatic carbocycles. The van der Waals surface area contributed by atoms with Gasteiger partial charge in [0.15, 0.2) is 0 Å². The third-order valence-corrected chi connectivity index (χ3v) is 3.46. The zero-order valence-corrected chi connectivity index (χ0v) is 11.7. The Kier molecular flexibility index (Phi) is 4.98. The second kappa shape index (κ2) is 6.72. The van der Waals surface area contributed by atoms with Gasteiger partial charge in [0.05, 0.1) is 12.5 Å². The first-order valence-corrected chi connectivity index (χ1v) is 6.77. The number of ether oxygens (including phenoxy) is 1. The number of rotatable bonds is 5. The van der Waals surface area contributed by atoms with Gasteiger partial charge < -0.3 is 14.7 Å². The number of carbonyl (C=O) groups is 2. The van der Waals surface area contributed by atoms with E-state index in [0.717, 1.165) is 5.56 Å². The van der Waals surface area contributed by atoms with E-state index in [2.05, 4.69) is 0 Å². The van der Waals surface area contributed by atoms with Crippen molar-refractivity contribution < 1.29 is 19.4 Å². The minimum absolute atomic E-state index is 0.167. The van der Waals surface area contributed by atoms with Crippen molar-refractivity contribution in [2.45, 2.75) is 13.0 Å². The topological polar surface area (TPSA) is 66.8 Å². The Morgan fingerprint density at radius 3 is 2.60 bits per heavy atom. The number of carbonyl (C=O) groups excluding carboxylic acids is 1. The minimum Gasteiger partial charge on any atom is -0.480 e. The number of benzene rings is 1. The third-order valence-electron chi connectivity index (χ3n) is 3.20. The summed E-state index contributed by atoms with van der Waals surface area (Å²) < 4.78 is 5.19. The van der Waals surface area contributed by atoms with Gasteiger partial charge in [-0.1, -0.05) is 23.7 Å². The molecule has 1 heterocycles. The molecule has 0 spiro atoms. The molecule has 0 unspecified atom stereocenters. The predicted octanol–water partition coefficient (Wildman–Crippen LogP) is 1.79. The first-order valence-electron chi connectivity index (χ1n) is 6.39. The zero-order chi connectivity index (χ0) is 14.5. The number of nitrogens with zero attached hydrogens (tertiary/aromatic N) is 1. The van der Waals surface area contributed by atoms with Crippen molar-refractivity contribution >= 4 is 23.5 Å². The normalized spacial score (nSPS) is 17.9. The summed E-state index contributed by atoms with van der Waals surface area (Å²) >= 11 is 5.81. The Bertz CT molecular complexity index is 482. The summed E-state index contributed by atoms with van der Waals surface area (Å²) in [7, 11) is 0. The molecule has 20 heavy (non-hydrogen) atoms. The highest BCUT2D eigenvalue weighted by atomic mass is 35.5. The Morgan fingerprint density at radius 1 is 1.35 bits per heavy atom. The number of carboxylic acids is 1. The van der Waals surface area contributed by atoms with Crippen LogP contribution in [-0.2, 0) is 20.9 Å². The fourth-order valence-corrected chi connectivity index (χ4v) is 2.30. The monoisotopic (exact) mass is 297 g/mol. The quantitative estimate of drug-likeness (QED) is 0.900. The van der Waals surface area contributed by atoms with Crippen molar-refractivity contribution in [2.75, 3.05) is 19.8 Å². The maximum Gasteiger partial charge on any atom is 0.323 e. The van der Waals surface area contributed by atoms with Crippen molar-refractivity contribution in [3.05, 3.63) is 34.9 Å². The van der Waals surface area contributed by atoms with E-state index in [4.69, 9.17) is 21.4 Å². The molecule has 108 valence electrons. The van der Waals surface area contributed by atoms with Crippen molar-refractivity contribution in [3.8, 4) is 0 Å². The van der Waals surface area contributed by atoms with Crippen molar-refractivity contribution in [2.24, 2.45) is 5.92 Å². The molecule has 1 saturated heterocycles.